The number of halogens is 1. The van der Waals surface area contributed by atoms with Crippen LogP contribution in [0.4, 0.5) is 0 Å². The van der Waals surface area contributed by atoms with E-state index in [0.29, 0.717) is 39.8 Å². The fraction of sp³-hybridized carbons (Fsp3) is 0.276. The van der Waals surface area contributed by atoms with Crippen LogP contribution in [-0.2, 0) is 12.8 Å². The Morgan fingerprint density at radius 1 is 1.11 bits per heavy atom. The number of pyridine rings is 1. The quantitative estimate of drug-likeness (QED) is 0.264. The zero-order chi connectivity index (χ0) is 26.5. The third-order valence-corrected chi connectivity index (χ3v) is 7.50. The van der Waals surface area contributed by atoms with Crippen LogP contribution in [-0.4, -0.2) is 33.7 Å². The third kappa shape index (κ3) is 5.54. The average Bonchev–Trinajstić information content (AvgIpc) is 3.39. The van der Waals surface area contributed by atoms with Crippen LogP contribution >= 0.6 is 22.9 Å². The van der Waals surface area contributed by atoms with Gasteiger partial charge >= 0.3 is 0 Å². The maximum atomic E-state index is 14.1. The number of aryl methyl sites for hydroxylation is 2. The summed E-state index contributed by atoms with van der Waals surface area (Å²) in [7, 11) is 0. The van der Waals surface area contributed by atoms with E-state index in [1.807, 2.05) is 35.7 Å². The first-order chi connectivity index (χ1) is 17.9. The normalized spacial score (nSPS) is 11.1. The average molecular weight is 536 g/mol. The number of aliphatic hydroxyl groups excluding tert-OH is 1. The van der Waals surface area contributed by atoms with Gasteiger partial charge in [-0.1, -0.05) is 55.8 Å². The van der Waals surface area contributed by atoms with Gasteiger partial charge in [0.15, 0.2) is 0 Å². The van der Waals surface area contributed by atoms with E-state index in [2.05, 4.69) is 19.2 Å². The molecule has 2 aromatic carbocycles. The number of hydrogen-bond donors (Lipinski definition) is 2. The number of amides is 1. The molecule has 4 rings (SSSR count). The minimum atomic E-state index is -0.289. The Labute approximate surface area is 225 Å². The van der Waals surface area contributed by atoms with Gasteiger partial charge in [0, 0.05) is 34.8 Å². The number of rotatable bonds is 9. The van der Waals surface area contributed by atoms with Crippen molar-refractivity contribution in [3.8, 4) is 27.5 Å². The Morgan fingerprint density at radius 2 is 1.78 bits per heavy atom. The molecular formula is C29H30ClN3O3S. The molecule has 0 aliphatic heterocycles. The molecule has 192 valence electrons. The highest BCUT2D eigenvalue weighted by molar-refractivity contribution is 7.13. The first kappa shape index (κ1) is 26.8. The predicted molar refractivity (Wildman–Crippen MR) is 151 cm³/mol. The smallest absolute Gasteiger partial charge is 0.265 e. The van der Waals surface area contributed by atoms with Gasteiger partial charge in [0.25, 0.3) is 11.5 Å². The second-order valence-electron chi connectivity index (χ2n) is 8.71. The summed E-state index contributed by atoms with van der Waals surface area (Å²) in [4.78, 5) is 32.1. The number of carbonyl (C=O) groups is 1. The van der Waals surface area contributed by atoms with Gasteiger partial charge in [0.1, 0.15) is 5.01 Å². The summed E-state index contributed by atoms with van der Waals surface area (Å²) >= 11 is 7.40. The largest absolute Gasteiger partial charge is 0.396 e. The van der Waals surface area contributed by atoms with E-state index in [0.717, 1.165) is 40.9 Å². The van der Waals surface area contributed by atoms with Gasteiger partial charge < -0.3 is 10.4 Å². The molecule has 8 heteroatoms. The number of nitrogens with one attached hydrogen (secondary N) is 1. The van der Waals surface area contributed by atoms with Crippen molar-refractivity contribution in [3.05, 3.63) is 91.7 Å². The van der Waals surface area contributed by atoms with Crippen molar-refractivity contribution in [2.45, 2.75) is 40.0 Å². The highest BCUT2D eigenvalue weighted by atomic mass is 35.5. The molecule has 2 heterocycles. The Morgan fingerprint density at radius 3 is 2.41 bits per heavy atom. The lowest BCUT2D eigenvalue weighted by Crippen LogP contribution is -2.31. The molecule has 0 saturated heterocycles. The summed E-state index contributed by atoms with van der Waals surface area (Å²) in [5.74, 6) is -0.289. The molecule has 0 unspecified atom stereocenters. The summed E-state index contributed by atoms with van der Waals surface area (Å²) < 4.78 is 1.68. The summed E-state index contributed by atoms with van der Waals surface area (Å²) in [6.07, 6.45) is 1.94. The topological polar surface area (TPSA) is 84.2 Å². The van der Waals surface area contributed by atoms with Gasteiger partial charge in [0.05, 0.1) is 22.5 Å². The van der Waals surface area contributed by atoms with Crippen molar-refractivity contribution in [3.63, 3.8) is 0 Å². The van der Waals surface area contributed by atoms with Gasteiger partial charge in [-0.25, -0.2) is 4.98 Å². The third-order valence-electron chi connectivity index (χ3n) is 6.38. The van der Waals surface area contributed by atoms with Crippen molar-refractivity contribution in [1.82, 2.24) is 14.9 Å². The van der Waals surface area contributed by atoms with E-state index in [-0.39, 0.29) is 18.1 Å². The molecular weight excluding hydrogens is 506 g/mol. The van der Waals surface area contributed by atoms with Crippen LogP contribution in [0, 0.1) is 6.92 Å². The van der Waals surface area contributed by atoms with Crippen LogP contribution in [0.15, 0.2) is 58.7 Å². The van der Waals surface area contributed by atoms with Crippen LogP contribution in [0.3, 0.4) is 0 Å². The molecule has 2 aromatic heterocycles. The fourth-order valence-electron chi connectivity index (χ4n) is 4.39. The number of aliphatic hydroxyl groups is 1. The lowest BCUT2D eigenvalue weighted by Gasteiger charge is -2.21. The molecule has 2 N–H and O–H groups in total. The zero-order valence-electron chi connectivity index (χ0n) is 21.2. The molecule has 0 aliphatic carbocycles. The number of hydrogen-bond acceptors (Lipinski definition) is 5. The van der Waals surface area contributed by atoms with E-state index < -0.39 is 0 Å². The number of carbonyl (C=O) groups excluding carboxylic acids is 1. The highest BCUT2D eigenvalue weighted by Crippen LogP contribution is 2.30. The fourth-order valence-corrected chi connectivity index (χ4v) is 5.35. The molecule has 0 saturated carbocycles. The minimum Gasteiger partial charge on any atom is -0.396 e. The van der Waals surface area contributed by atoms with Gasteiger partial charge in [-0.05, 0) is 55.5 Å². The standard InChI is InChI=1S/C29H30ClN3O3S/c1-4-19-8-6-9-20(5-2)26(19)33-18(3)23(27(35)31-14-7-15-34)16-24(29(33)36)28-32-25(17-37-28)21-10-12-22(30)13-11-21/h6,8-13,16-17,34H,4-5,7,14-15H2,1-3H3,(H,31,35). The zero-order valence-corrected chi connectivity index (χ0v) is 22.7. The maximum absolute atomic E-state index is 14.1. The van der Waals surface area contributed by atoms with E-state index in [1.54, 1.807) is 29.7 Å². The summed E-state index contributed by atoms with van der Waals surface area (Å²) in [6.45, 7) is 6.25. The Kier molecular flexibility index (Phi) is 8.59. The van der Waals surface area contributed by atoms with Gasteiger partial charge in [0.2, 0.25) is 0 Å². The second kappa shape index (κ2) is 11.9. The van der Waals surface area contributed by atoms with Crippen molar-refractivity contribution >= 4 is 28.8 Å². The number of benzene rings is 2. The molecule has 0 spiro atoms. The second-order valence-corrected chi connectivity index (χ2v) is 10.0. The monoisotopic (exact) mass is 535 g/mol. The molecule has 0 fully saturated rings. The predicted octanol–water partition coefficient (Wildman–Crippen LogP) is 5.83. The van der Waals surface area contributed by atoms with Crippen molar-refractivity contribution in [2.75, 3.05) is 13.2 Å². The molecule has 1 amide bonds. The Hall–Kier alpha value is -3.26. The Balaban J connectivity index is 1.94. The first-order valence-electron chi connectivity index (χ1n) is 12.4. The number of nitrogens with zero attached hydrogens (tertiary/aromatic N) is 2. The van der Waals surface area contributed by atoms with E-state index in [4.69, 9.17) is 21.7 Å². The lowest BCUT2D eigenvalue weighted by molar-refractivity contribution is 0.0950. The summed E-state index contributed by atoms with van der Waals surface area (Å²) in [5.41, 5.74) is 5.67. The SMILES string of the molecule is CCc1cccc(CC)c1-n1c(C)c(C(=O)NCCCO)cc(-c2nc(-c3ccc(Cl)cc3)cs2)c1=O. The molecule has 0 bridgehead atoms. The Bertz CT molecular complexity index is 1450. The molecule has 4 aromatic rings. The van der Waals surface area contributed by atoms with Gasteiger partial charge in [-0.15, -0.1) is 11.3 Å². The maximum Gasteiger partial charge on any atom is 0.265 e. The number of thiazole rings is 1. The van der Waals surface area contributed by atoms with Crippen LogP contribution in [0.5, 0.6) is 0 Å². The number of para-hydroxylation sites is 1. The molecule has 0 aliphatic rings. The summed E-state index contributed by atoms with van der Waals surface area (Å²) in [6, 6.07) is 15.1. The van der Waals surface area contributed by atoms with E-state index >= 15 is 0 Å². The van der Waals surface area contributed by atoms with Crippen LogP contribution in [0.25, 0.3) is 27.5 Å². The van der Waals surface area contributed by atoms with Crippen molar-refractivity contribution in [1.29, 1.82) is 0 Å². The van der Waals surface area contributed by atoms with Crippen molar-refractivity contribution < 1.29 is 9.90 Å². The number of aromatic nitrogens is 2. The van der Waals surface area contributed by atoms with Gasteiger partial charge in [-0.2, -0.15) is 0 Å². The molecule has 6 nitrogen and oxygen atoms in total. The molecule has 37 heavy (non-hydrogen) atoms. The first-order valence-corrected chi connectivity index (χ1v) is 13.6. The molecule has 0 radical (unpaired) electrons. The lowest BCUT2D eigenvalue weighted by atomic mass is 10.0. The summed E-state index contributed by atoms with van der Waals surface area (Å²) in [5, 5.41) is 15.1. The van der Waals surface area contributed by atoms with Crippen LogP contribution < -0.4 is 10.9 Å². The van der Waals surface area contributed by atoms with Gasteiger partial charge in [-0.3, -0.25) is 14.2 Å². The molecule has 0 atom stereocenters. The van der Waals surface area contributed by atoms with E-state index in [9.17, 15) is 9.59 Å². The van der Waals surface area contributed by atoms with Crippen LogP contribution in [0.2, 0.25) is 5.02 Å². The van der Waals surface area contributed by atoms with Crippen LogP contribution in [0.1, 0.15) is 47.4 Å². The highest BCUT2D eigenvalue weighted by Gasteiger charge is 2.23. The van der Waals surface area contributed by atoms with Crippen molar-refractivity contribution in [2.24, 2.45) is 0 Å². The van der Waals surface area contributed by atoms with E-state index in [1.165, 1.54) is 11.3 Å². The minimum absolute atomic E-state index is 0.0136.